The van der Waals surface area contributed by atoms with Crippen LogP contribution in [0.25, 0.3) is 5.78 Å². The van der Waals surface area contributed by atoms with E-state index in [9.17, 15) is 4.79 Å². The average Bonchev–Trinajstić information content (AvgIpc) is 3.23. The smallest absolute Gasteiger partial charge is 0.253 e. The van der Waals surface area contributed by atoms with Crippen molar-refractivity contribution >= 4 is 34.9 Å². The summed E-state index contributed by atoms with van der Waals surface area (Å²) >= 11 is 7.47. The number of carbonyl (C=O) groups excluding carboxylic acids is 1. The van der Waals surface area contributed by atoms with Gasteiger partial charge in [-0.25, -0.2) is 9.50 Å². The summed E-state index contributed by atoms with van der Waals surface area (Å²) in [5, 5.41) is 5.83. The Morgan fingerprint density at radius 1 is 1.06 bits per heavy atom. The topological polar surface area (TPSA) is 78.6 Å². The number of Topliss-reactive ketones (excluding diaryl/α,β-unsaturated/α-hetero) is 1. The van der Waals surface area contributed by atoms with E-state index in [2.05, 4.69) is 15.1 Å². The van der Waals surface area contributed by atoms with Crippen LogP contribution in [0.5, 0.6) is 11.5 Å². The third kappa shape index (κ3) is 4.41. The molecule has 0 aliphatic heterocycles. The second-order valence-electron chi connectivity index (χ2n) is 7.80. The monoisotopic (exact) mass is 480 g/mol. The molecule has 9 heteroatoms. The van der Waals surface area contributed by atoms with Crippen LogP contribution in [0.4, 0.5) is 0 Å². The molecule has 2 heterocycles. The highest BCUT2D eigenvalue weighted by molar-refractivity contribution is 7.98. The van der Waals surface area contributed by atoms with Crippen molar-refractivity contribution in [3.63, 3.8) is 0 Å². The van der Waals surface area contributed by atoms with Crippen molar-refractivity contribution in [1.82, 2.24) is 19.6 Å². The van der Waals surface area contributed by atoms with E-state index in [0.717, 1.165) is 16.8 Å². The summed E-state index contributed by atoms with van der Waals surface area (Å²) in [6.45, 7) is 0. The van der Waals surface area contributed by atoms with Crippen molar-refractivity contribution in [1.29, 1.82) is 0 Å². The minimum Gasteiger partial charge on any atom is -0.493 e. The maximum atomic E-state index is 13.0. The first-order valence-electron chi connectivity index (χ1n) is 10.4. The van der Waals surface area contributed by atoms with E-state index in [1.165, 1.54) is 11.8 Å². The summed E-state index contributed by atoms with van der Waals surface area (Å²) < 4.78 is 12.4. The van der Waals surface area contributed by atoms with E-state index in [1.807, 2.05) is 42.5 Å². The van der Waals surface area contributed by atoms with Crippen molar-refractivity contribution in [2.75, 3.05) is 14.2 Å². The van der Waals surface area contributed by atoms with Gasteiger partial charge in [0.1, 0.15) is 0 Å². The van der Waals surface area contributed by atoms with Crippen molar-refractivity contribution < 1.29 is 14.3 Å². The number of aromatic nitrogens is 4. The summed E-state index contributed by atoms with van der Waals surface area (Å²) in [6.07, 6.45) is 2.81. The van der Waals surface area contributed by atoms with Gasteiger partial charge in [-0.15, -0.1) is 5.10 Å². The highest BCUT2D eigenvalue weighted by Gasteiger charge is 2.29. The zero-order valence-electron chi connectivity index (χ0n) is 18.1. The molecule has 33 heavy (non-hydrogen) atoms. The number of carbonyl (C=O) groups is 1. The third-order valence-electron chi connectivity index (χ3n) is 5.72. The Labute approximate surface area is 200 Å². The molecule has 1 aliphatic carbocycles. The third-order valence-corrected chi connectivity index (χ3v) is 6.88. The first-order valence-corrected chi connectivity index (χ1v) is 11.8. The van der Waals surface area contributed by atoms with Gasteiger partial charge in [0.05, 0.1) is 25.5 Å². The standard InChI is InChI=1S/C24H21ClN4O3S/c1-31-21-8-5-15(11-22(21)32-2)16-9-19-18(20(30)10-16)12-29-23(26-19)27-24(28-29)33-13-14-3-6-17(25)7-4-14/h3-8,11-12,16H,9-10,13H2,1-2H3. The molecule has 0 fully saturated rings. The van der Waals surface area contributed by atoms with Gasteiger partial charge in [0, 0.05) is 23.4 Å². The molecular formula is C24H21ClN4O3S. The van der Waals surface area contributed by atoms with Crippen molar-refractivity contribution in [2.24, 2.45) is 0 Å². The van der Waals surface area contributed by atoms with Gasteiger partial charge in [0.25, 0.3) is 5.78 Å². The van der Waals surface area contributed by atoms with Gasteiger partial charge in [-0.3, -0.25) is 4.79 Å². The van der Waals surface area contributed by atoms with Crippen LogP contribution in [0.15, 0.2) is 53.8 Å². The summed E-state index contributed by atoms with van der Waals surface area (Å²) in [7, 11) is 3.21. The fraction of sp³-hybridized carbons (Fsp3) is 0.250. The van der Waals surface area contributed by atoms with E-state index in [4.69, 9.17) is 21.1 Å². The van der Waals surface area contributed by atoms with Gasteiger partial charge in [0.15, 0.2) is 17.3 Å². The maximum absolute atomic E-state index is 13.0. The SMILES string of the molecule is COc1ccc(C2CC(=O)c3cn4nc(SCc5ccc(Cl)cc5)nc4nc3C2)cc1OC. The van der Waals surface area contributed by atoms with Crippen LogP contribution in [-0.4, -0.2) is 39.6 Å². The molecule has 0 N–H and O–H groups in total. The molecule has 2 aromatic heterocycles. The number of ketones is 1. The lowest BCUT2D eigenvalue weighted by Crippen LogP contribution is -2.21. The first-order chi connectivity index (χ1) is 16.0. The van der Waals surface area contributed by atoms with Crippen LogP contribution in [0.1, 0.15) is 39.5 Å². The minimum atomic E-state index is 0.0152. The molecule has 168 valence electrons. The molecule has 0 saturated carbocycles. The van der Waals surface area contributed by atoms with Gasteiger partial charge in [-0.05, 0) is 47.7 Å². The van der Waals surface area contributed by atoms with E-state index in [-0.39, 0.29) is 11.7 Å². The minimum absolute atomic E-state index is 0.0152. The summed E-state index contributed by atoms with van der Waals surface area (Å²) in [4.78, 5) is 22.2. The molecule has 2 aromatic carbocycles. The Balaban J connectivity index is 1.39. The predicted molar refractivity (Wildman–Crippen MR) is 127 cm³/mol. The quantitative estimate of drug-likeness (QED) is 0.359. The fourth-order valence-electron chi connectivity index (χ4n) is 4.00. The number of methoxy groups -OCH3 is 2. The van der Waals surface area contributed by atoms with Gasteiger partial charge >= 0.3 is 0 Å². The number of rotatable bonds is 6. The molecule has 0 bridgehead atoms. The molecule has 0 amide bonds. The van der Waals surface area contributed by atoms with E-state index < -0.39 is 0 Å². The zero-order chi connectivity index (χ0) is 22.9. The molecule has 7 nitrogen and oxygen atoms in total. The summed E-state index contributed by atoms with van der Waals surface area (Å²) in [5.74, 6) is 2.59. The summed E-state index contributed by atoms with van der Waals surface area (Å²) in [6, 6.07) is 13.5. The van der Waals surface area contributed by atoms with Crippen LogP contribution in [0.2, 0.25) is 5.02 Å². The van der Waals surface area contributed by atoms with Gasteiger partial charge in [0.2, 0.25) is 5.16 Å². The largest absolute Gasteiger partial charge is 0.493 e. The Bertz CT molecular complexity index is 1340. The molecular weight excluding hydrogens is 460 g/mol. The number of nitrogens with zero attached hydrogens (tertiary/aromatic N) is 4. The van der Waals surface area contributed by atoms with Crippen molar-refractivity contribution in [3.05, 3.63) is 76.1 Å². The maximum Gasteiger partial charge on any atom is 0.253 e. The van der Waals surface area contributed by atoms with E-state index >= 15 is 0 Å². The predicted octanol–water partition coefficient (Wildman–Crippen LogP) is 5.00. The molecule has 0 saturated heterocycles. The van der Waals surface area contributed by atoms with Gasteiger partial charge in [-0.1, -0.05) is 41.6 Å². The van der Waals surface area contributed by atoms with Crippen LogP contribution < -0.4 is 9.47 Å². The van der Waals surface area contributed by atoms with Crippen molar-refractivity contribution in [2.45, 2.75) is 29.7 Å². The molecule has 4 aromatic rings. The number of ether oxygens (including phenoxy) is 2. The fourth-order valence-corrected chi connectivity index (χ4v) is 4.90. The lowest BCUT2D eigenvalue weighted by atomic mass is 9.82. The first kappa shape index (κ1) is 21.7. The second-order valence-corrected chi connectivity index (χ2v) is 9.18. The Morgan fingerprint density at radius 2 is 1.85 bits per heavy atom. The highest BCUT2D eigenvalue weighted by atomic mass is 35.5. The van der Waals surface area contributed by atoms with Crippen LogP contribution in [0.3, 0.4) is 0 Å². The molecule has 0 spiro atoms. The average molecular weight is 481 g/mol. The van der Waals surface area contributed by atoms with Gasteiger partial charge in [-0.2, -0.15) is 4.98 Å². The number of halogens is 1. The lowest BCUT2D eigenvalue weighted by molar-refractivity contribution is 0.0962. The Kier molecular flexibility index (Phi) is 5.95. The number of hydrogen-bond donors (Lipinski definition) is 0. The highest BCUT2D eigenvalue weighted by Crippen LogP contribution is 2.36. The second kappa shape index (κ2) is 9.03. The van der Waals surface area contributed by atoms with Gasteiger partial charge < -0.3 is 9.47 Å². The normalized spacial score (nSPS) is 15.5. The lowest BCUT2D eigenvalue weighted by Gasteiger charge is -2.23. The van der Waals surface area contributed by atoms with Crippen molar-refractivity contribution in [3.8, 4) is 11.5 Å². The summed E-state index contributed by atoms with van der Waals surface area (Å²) in [5.41, 5.74) is 3.51. The number of thioether (sulfide) groups is 1. The zero-order valence-corrected chi connectivity index (χ0v) is 19.7. The van der Waals surface area contributed by atoms with Crippen LogP contribution in [0, 0.1) is 0 Å². The number of benzene rings is 2. The number of hydrogen-bond acceptors (Lipinski definition) is 7. The van der Waals surface area contributed by atoms with Crippen LogP contribution >= 0.6 is 23.4 Å². The Hall–Kier alpha value is -3.10. The Morgan fingerprint density at radius 3 is 2.61 bits per heavy atom. The molecule has 1 unspecified atom stereocenters. The molecule has 5 rings (SSSR count). The number of fused-ring (bicyclic) bond motifs is 2. The van der Waals surface area contributed by atoms with E-state index in [1.54, 1.807) is 24.9 Å². The molecule has 1 aliphatic rings. The van der Waals surface area contributed by atoms with Crippen LogP contribution in [-0.2, 0) is 12.2 Å². The molecule has 1 atom stereocenters. The van der Waals surface area contributed by atoms with E-state index in [0.29, 0.717) is 51.6 Å². The molecule has 0 radical (unpaired) electrons.